The lowest BCUT2D eigenvalue weighted by Gasteiger charge is -2.28. The minimum Gasteiger partial charge on any atom is -0.465 e. The molecule has 0 radical (unpaired) electrons. The van der Waals surface area contributed by atoms with Gasteiger partial charge >= 0.3 is 12.1 Å². The number of hydrogen-bond donors (Lipinski definition) is 1. The molecule has 8 nitrogen and oxygen atoms in total. The number of nitrogens with zero attached hydrogens (tertiary/aromatic N) is 1. The van der Waals surface area contributed by atoms with Crippen LogP contribution in [0.3, 0.4) is 0 Å². The van der Waals surface area contributed by atoms with Crippen LogP contribution in [-0.2, 0) is 29.5 Å². The summed E-state index contributed by atoms with van der Waals surface area (Å²) in [5.74, 6) is 4.16. The van der Waals surface area contributed by atoms with Crippen molar-refractivity contribution in [3.63, 3.8) is 0 Å². The number of halogens is 5. The number of carbonyl (C=O) groups excluding carboxylic acids is 1. The molecule has 3 rings (SSSR count). The van der Waals surface area contributed by atoms with Crippen molar-refractivity contribution in [1.29, 1.82) is 0 Å². The zero-order valence-corrected chi connectivity index (χ0v) is 21.1. The summed E-state index contributed by atoms with van der Waals surface area (Å²) in [6, 6.07) is 5.90. The summed E-state index contributed by atoms with van der Waals surface area (Å²) >= 11 is 11.8. The molecule has 2 heterocycles. The largest absolute Gasteiger partial charge is 0.465 e. The van der Waals surface area contributed by atoms with Crippen molar-refractivity contribution >= 4 is 45.0 Å². The van der Waals surface area contributed by atoms with Gasteiger partial charge in [0, 0.05) is 15.6 Å². The SMILES string of the molecule is COC(=O)c1ccc(C2=CC(c3cc(Cl)cc(Cl)c3)(C(F)(F)F)ON2)nc1C#CC(C)OS(C)(=O)=O. The molecule has 2 aromatic rings. The molecule has 0 saturated heterocycles. The number of aromatic nitrogens is 1. The second-order valence-corrected chi connectivity index (χ2v) is 9.92. The highest BCUT2D eigenvalue weighted by molar-refractivity contribution is 7.86. The van der Waals surface area contributed by atoms with E-state index >= 15 is 0 Å². The van der Waals surface area contributed by atoms with E-state index in [0.717, 1.165) is 31.6 Å². The molecular weight excluding hydrogens is 548 g/mol. The fourth-order valence-corrected chi connectivity index (χ4v) is 4.27. The fourth-order valence-electron chi connectivity index (χ4n) is 3.17. The van der Waals surface area contributed by atoms with Crippen LogP contribution in [0.25, 0.3) is 5.70 Å². The molecule has 0 saturated carbocycles. The first-order valence-electron chi connectivity index (χ1n) is 9.85. The zero-order valence-electron chi connectivity index (χ0n) is 18.7. The number of pyridine rings is 1. The van der Waals surface area contributed by atoms with E-state index in [1.54, 1.807) is 0 Å². The van der Waals surface area contributed by atoms with E-state index in [2.05, 4.69) is 27.0 Å². The molecule has 192 valence electrons. The summed E-state index contributed by atoms with van der Waals surface area (Å²) in [6.07, 6.45) is -4.46. The Morgan fingerprint density at radius 3 is 2.42 bits per heavy atom. The Morgan fingerprint density at radius 1 is 1.22 bits per heavy atom. The van der Waals surface area contributed by atoms with Crippen LogP contribution in [0.15, 0.2) is 36.4 Å². The quantitative estimate of drug-likeness (QED) is 0.327. The maximum Gasteiger partial charge on any atom is 0.428 e. The van der Waals surface area contributed by atoms with Gasteiger partial charge in [-0.15, -0.1) is 0 Å². The number of benzene rings is 1. The third kappa shape index (κ3) is 6.11. The first-order chi connectivity index (χ1) is 16.6. The minimum atomic E-state index is -4.94. The van der Waals surface area contributed by atoms with Gasteiger partial charge in [0.15, 0.2) is 0 Å². The standard InChI is InChI=1S/C22H17Cl2F3N2O6S/c1-12(34-36(3,31)32)4-6-17-16(20(30)33-2)5-7-18(28-17)19-11-21(35-29-19,22(25,26)27)13-8-14(23)10-15(24)9-13/h5,7-12,29H,1-3H3. The van der Waals surface area contributed by atoms with Crippen LogP contribution in [0.4, 0.5) is 13.2 Å². The number of esters is 1. The predicted octanol–water partition coefficient (Wildman–Crippen LogP) is 4.22. The van der Waals surface area contributed by atoms with Crippen molar-refractivity contribution in [2.24, 2.45) is 0 Å². The Balaban J connectivity index is 2.11. The number of nitrogens with one attached hydrogen (secondary N) is 1. The molecule has 0 amide bonds. The Bertz CT molecular complexity index is 1380. The third-order valence-corrected chi connectivity index (χ3v) is 5.75. The molecule has 1 aromatic carbocycles. The Morgan fingerprint density at radius 2 is 1.86 bits per heavy atom. The highest BCUT2D eigenvalue weighted by Crippen LogP contribution is 2.48. The fraction of sp³-hybridized carbons (Fsp3) is 0.273. The average Bonchev–Trinajstić information content (AvgIpc) is 3.22. The second-order valence-electron chi connectivity index (χ2n) is 7.45. The highest BCUT2D eigenvalue weighted by Gasteiger charge is 2.59. The second kappa shape index (κ2) is 10.3. The van der Waals surface area contributed by atoms with E-state index in [1.165, 1.54) is 25.1 Å². The van der Waals surface area contributed by atoms with Gasteiger partial charge in [-0.25, -0.2) is 9.78 Å². The van der Waals surface area contributed by atoms with E-state index in [9.17, 15) is 26.4 Å². The lowest BCUT2D eigenvalue weighted by atomic mass is 9.92. The lowest BCUT2D eigenvalue weighted by Crippen LogP contribution is -2.42. The Labute approximate surface area is 214 Å². The van der Waals surface area contributed by atoms with E-state index in [-0.39, 0.29) is 38.3 Å². The van der Waals surface area contributed by atoms with Crippen LogP contribution in [0.2, 0.25) is 10.0 Å². The normalized spacial score (nSPS) is 18.5. The van der Waals surface area contributed by atoms with Crippen molar-refractivity contribution in [1.82, 2.24) is 10.5 Å². The van der Waals surface area contributed by atoms with Crippen LogP contribution in [-0.4, -0.2) is 45.0 Å². The topological polar surface area (TPSA) is 104 Å². The van der Waals surface area contributed by atoms with Gasteiger partial charge in [-0.3, -0.25) is 14.5 Å². The monoisotopic (exact) mass is 564 g/mol. The Kier molecular flexibility index (Phi) is 7.92. The molecule has 0 bridgehead atoms. The molecule has 0 spiro atoms. The number of hydrogen-bond acceptors (Lipinski definition) is 8. The first-order valence-corrected chi connectivity index (χ1v) is 12.4. The van der Waals surface area contributed by atoms with Gasteiger partial charge in [-0.2, -0.15) is 21.6 Å². The van der Waals surface area contributed by atoms with E-state index in [1.807, 2.05) is 0 Å². The molecule has 1 aliphatic heterocycles. The van der Waals surface area contributed by atoms with E-state index < -0.39 is 34.0 Å². The number of methoxy groups -OCH3 is 1. The molecule has 2 atom stereocenters. The summed E-state index contributed by atoms with van der Waals surface area (Å²) in [5.41, 5.74) is -1.68. The Hall–Kier alpha value is -2.82. The molecule has 1 aliphatic rings. The smallest absolute Gasteiger partial charge is 0.428 e. The number of ether oxygens (including phenoxy) is 1. The number of carbonyl (C=O) groups is 1. The lowest BCUT2D eigenvalue weighted by molar-refractivity contribution is -0.269. The third-order valence-electron chi connectivity index (χ3n) is 4.67. The predicted molar refractivity (Wildman–Crippen MR) is 124 cm³/mol. The molecule has 1 N–H and O–H groups in total. The molecule has 36 heavy (non-hydrogen) atoms. The van der Waals surface area contributed by atoms with E-state index in [0.29, 0.717) is 0 Å². The number of hydroxylamine groups is 1. The first kappa shape index (κ1) is 27.8. The van der Waals surface area contributed by atoms with Gasteiger partial charge < -0.3 is 4.74 Å². The highest BCUT2D eigenvalue weighted by atomic mass is 35.5. The van der Waals surface area contributed by atoms with Crippen molar-refractivity contribution in [2.45, 2.75) is 24.8 Å². The number of rotatable bonds is 5. The van der Waals surface area contributed by atoms with Gasteiger partial charge in [0.25, 0.3) is 10.1 Å². The minimum absolute atomic E-state index is 0.0323. The van der Waals surface area contributed by atoms with Gasteiger partial charge in [0.05, 0.1) is 30.3 Å². The summed E-state index contributed by atoms with van der Waals surface area (Å²) in [6.45, 7) is 1.35. The number of alkyl halides is 3. The zero-order chi connectivity index (χ0) is 26.9. The average molecular weight is 565 g/mol. The van der Waals surface area contributed by atoms with Crippen molar-refractivity contribution in [3.05, 3.63) is 69.0 Å². The summed E-state index contributed by atoms with van der Waals surface area (Å²) in [5, 5.41) is -0.0646. The van der Waals surface area contributed by atoms with Crippen molar-refractivity contribution in [2.75, 3.05) is 13.4 Å². The van der Waals surface area contributed by atoms with Crippen molar-refractivity contribution < 1.29 is 40.1 Å². The van der Waals surface area contributed by atoms with Crippen LogP contribution in [0, 0.1) is 11.8 Å². The molecule has 0 fully saturated rings. The van der Waals surface area contributed by atoms with Crippen LogP contribution in [0.1, 0.15) is 34.2 Å². The molecule has 2 unspecified atom stereocenters. The van der Waals surface area contributed by atoms with E-state index in [4.69, 9.17) is 32.2 Å². The van der Waals surface area contributed by atoms with Crippen LogP contribution < -0.4 is 5.48 Å². The molecule has 1 aromatic heterocycles. The van der Waals surface area contributed by atoms with Gasteiger partial charge in [-0.1, -0.05) is 29.1 Å². The maximum atomic E-state index is 14.2. The van der Waals surface area contributed by atoms with Gasteiger partial charge in [0.2, 0.25) is 5.60 Å². The molecule has 0 aliphatic carbocycles. The summed E-state index contributed by atoms with van der Waals surface area (Å²) in [7, 11) is -2.70. The van der Waals surface area contributed by atoms with Gasteiger partial charge in [0.1, 0.15) is 11.8 Å². The van der Waals surface area contributed by atoms with Crippen LogP contribution in [0.5, 0.6) is 0 Å². The molecule has 14 heteroatoms. The van der Waals surface area contributed by atoms with Gasteiger partial charge in [-0.05, 0) is 49.3 Å². The maximum absolute atomic E-state index is 14.2. The van der Waals surface area contributed by atoms with Crippen molar-refractivity contribution in [3.8, 4) is 11.8 Å². The summed E-state index contributed by atoms with van der Waals surface area (Å²) in [4.78, 5) is 21.3. The van der Waals surface area contributed by atoms with Crippen LogP contribution >= 0.6 is 23.2 Å². The summed E-state index contributed by atoms with van der Waals surface area (Å²) < 4.78 is 74.7. The molecular formula is C22H17Cl2F3N2O6S.